The van der Waals surface area contributed by atoms with E-state index in [1.54, 1.807) is 0 Å². The van der Waals surface area contributed by atoms with Gasteiger partial charge in [-0.2, -0.15) is 0 Å². The van der Waals surface area contributed by atoms with Gasteiger partial charge in [-0.1, -0.05) is 73.6 Å². The predicted molar refractivity (Wildman–Crippen MR) is 117 cm³/mol. The topological polar surface area (TPSA) is 53.0 Å². The van der Waals surface area contributed by atoms with Gasteiger partial charge in [-0.05, 0) is 45.8 Å². The first-order valence-corrected chi connectivity index (χ1v) is 10.1. The summed E-state index contributed by atoms with van der Waals surface area (Å²) in [5, 5.41) is 19.1. The highest BCUT2D eigenvalue weighted by atomic mass is 16.6. The molecule has 0 aromatic carbocycles. The highest BCUT2D eigenvalue weighted by molar-refractivity contribution is 5.36. The SMILES string of the molecule is CC(=C/C=C/C(C)=C/C=C/C=C(/C)CO)/C=C/[C@@]12O[C@]1(C)C[C@@H](O)CC2(C)C. The number of hydrogen-bond acceptors (Lipinski definition) is 3. The van der Waals surface area contributed by atoms with Crippen LogP contribution in [0.2, 0.25) is 0 Å². The van der Waals surface area contributed by atoms with Crippen LogP contribution in [-0.2, 0) is 4.74 Å². The molecule has 0 bridgehead atoms. The Morgan fingerprint density at radius 1 is 0.929 bits per heavy atom. The molecule has 1 aliphatic heterocycles. The van der Waals surface area contributed by atoms with Crippen molar-refractivity contribution in [2.75, 3.05) is 6.61 Å². The van der Waals surface area contributed by atoms with Crippen LogP contribution in [0.1, 0.15) is 54.4 Å². The lowest BCUT2D eigenvalue weighted by atomic mass is 9.63. The van der Waals surface area contributed by atoms with Crippen LogP contribution in [0.4, 0.5) is 0 Å². The van der Waals surface area contributed by atoms with E-state index in [0.29, 0.717) is 6.42 Å². The Labute approximate surface area is 170 Å². The molecule has 2 aliphatic rings. The van der Waals surface area contributed by atoms with Gasteiger partial charge < -0.3 is 14.9 Å². The van der Waals surface area contributed by atoms with Gasteiger partial charge in [-0.25, -0.2) is 0 Å². The van der Waals surface area contributed by atoms with Crippen LogP contribution in [0.15, 0.2) is 71.4 Å². The fraction of sp³-hybridized carbons (Fsp3) is 0.520. The summed E-state index contributed by atoms with van der Waals surface area (Å²) in [5.74, 6) is 0. The molecule has 28 heavy (non-hydrogen) atoms. The molecule has 1 heterocycles. The standard InChI is InChI=1S/C25H36O3/c1-19(10-7-8-11-21(3)18-26)12-9-13-20(2)14-15-25-23(4,5)16-22(27)17-24(25,6)28-25/h7-15,22,26-27H,16-18H2,1-6H3/b8-7+,12-9+,15-14+,19-10+,20-13-,21-11-/t22-,24+,25-/m0/s1. The minimum Gasteiger partial charge on any atom is -0.393 e. The number of aliphatic hydroxyl groups is 2. The van der Waals surface area contributed by atoms with E-state index in [-0.39, 0.29) is 29.3 Å². The number of epoxide rings is 1. The van der Waals surface area contributed by atoms with Crippen molar-refractivity contribution in [3.63, 3.8) is 0 Å². The van der Waals surface area contributed by atoms with Gasteiger partial charge in [0.15, 0.2) is 0 Å². The van der Waals surface area contributed by atoms with E-state index in [2.05, 4.69) is 65.0 Å². The average molecular weight is 385 g/mol. The maximum Gasteiger partial charge on any atom is 0.121 e. The van der Waals surface area contributed by atoms with Crippen molar-refractivity contribution in [2.24, 2.45) is 5.41 Å². The van der Waals surface area contributed by atoms with Crippen molar-refractivity contribution < 1.29 is 14.9 Å². The van der Waals surface area contributed by atoms with Gasteiger partial charge in [0.1, 0.15) is 11.2 Å². The molecule has 154 valence electrons. The van der Waals surface area contributed by atoms with E-state index < -0.39 is 0 Å². The zero-order valence-electron chi connectivity index (χ0n) is 18.2. The maximum absolute atomic E-state index is 10.1. The van der Waals surface area contributed by atoms with E-state index >= 15 is 0 Å². The first-order valence-electron chi connectivity index (χ1n) is 10.1. The molecule has 3 atom stereocenters. The van der Waals surface area contributed by atoms with Gasteiger partial charge in [0.05, 0.1) is 12.7 Å². The number of rotatable bonds is 7. The number of hydrogen-bond donors (Lipinski definition) is 2. The second-order valence-corrected chi connectivity index (χ2v) is 9.08. The van der Waals surface area contributed by atoms with Crippen molar-refractivity contribution in [1.82, 2.24) is 0 Å². The Morgan fingerprint density at radius 3 is 2.18 bits per heavy atom. The lowest BCUT2D eigenvalue weighted by Gasteiger charge is -2.39. The van der Waals surface area contributed by atoms with Crippen LogP contribution in [0, 0.1) is 5.41 Å². The molecule has 2 rings (SSSR count). The summed E-state index contributed by atoms with van der Waals surface area (Å²) in [7, 11) is 0. The minimum atomic E-state index is -0.282. The molecular formula is C25H36O3. The van der Waals surface area contributed by atoms with Crippen molar-refractivity contribution in [3.05, 3.63) is 71.4 Å². The van der Waals surface area contributed by atoms with Gasteiger partial charge in [-0.15, -0.1) is 0 Å². The summed E-state index contributed by atoms with van der Waals surface area (Å²) < 4.78 is 6.18. The monoisotopic (exact) mass is 384 g/mol. The fourth-order valence-electron chi connectivity index (χ4n) is 4.27. The third-order valence-corrected chi connectivity index (χ3v) is 5.91. The van der Waals surface area contributed by atoms with Gasteiger partial charge in [0.2, 0.25) is 0 Å². The number of aliphatic hydroxyl groups excluding tert-OH is 2. The molecule has 1 aliphatic carbocycles. The van der Waals surface area contributed by atoms with E-state index in [4.69, 9.17) is 9.84 Å². The van der Waals surface area contributed by atoms with Gasteiger partial charge in [-0.3, -0.25) is 0 Å². The smallest absolute Gasteiger partial charge is 0.121 e. The highest BCUT2D eigenvalue weighted by Gasteiger charge is 2.74. The Kier molecular flexibility index (Phi) is 7.08. The van der Waals surface area contributed by atoms with E-state index in [9.17, 15) is 5.11 Å². The Bertz CT molecular complexity index is 748. The Hall–Kier alpha value is -1.68. The molecule has 0 unspecified atom stereocenters. The third kappa shape index (κ3) is 5.02. The number of ether oxygens (including phenoxy) is 1. The predicted octanol–water partition coefficient (Wildman–Crippen LogP) is 5.19. The molecule has 0 aromatic heterocycles. The van der Waals surface area contributed by atoms with Crippen LogP contribution in [0.3, 0.4) is 0 Å². The van der Waals surface area contributed by atoms with Gasteiger partial charge >= 0.3 is 0 Å². The molecule has 3 heteroatoms. The van der Waals surface area contributed by atoms with Crippen molar-refractivity contribution in [1.29, 1.82) is 0 Å². The summed E-state index contributed by atoms with van der Waals surface area (Å²) in [6.07, 6.45) is 19.6. The molecule has 0 spiro atoms. The Morgan fingerprint density at radius 2 is 1.54 bits per heavy atom. The van der Waals surface area contributed by atoms with Crippen molar-refractivity contribution in [3.8, 4) is 0 Å². The van der Waals surface area contributed by atoms with E-state index in [0.717, 1.165) is 23.1 Å². The second-order valence-electron chi connectivity index (χ2n) is 9.08. The van der Waals surface area contributed by atoms with Gasteiger partial charge in [0, 0.05) is 11.8 Å². The highest BCUT2D eigenvalue weighted by Crippen LogP contribution is 2.66. The summed E-state index contributed by atoms with van der Waals surface area (Å²) in [6.45, 7) is 12.6. The number of fused-ring (bicyclic) bond motifs is 1. The molecule has 0 radical (unpaired) electrons. The normalized spacial score (nSPS) is 33.9. The molecule has 1 saturated carbocycles. The van der Waals surface area contributed by atoms with Crippen molar-refractivity contribution in [2.45, 2.75) is 71.7 Å². The lowest BCUT2D eigenvalue weighted by molar-refractivity contribution is 0.0515. The van der Waals surface area contributed by atoms with Gasteiger partial charge in [0.25, 0.3) is 0 Å². The lowest BCUT2D eigenvalue weighted by Crippen LogP contribution is -2.46. The van der Waals surface area contributed by atoms with Crippen LogP contribution in [0.25, 0.3) is 0 Å². The summed E-state index contributed by atoms with van der Waals surface area (Å²) >= 11 is 0. The summed E-state index contributed by atoms with van der Waals surface area (Å²) in [4.78, 5) is 0. The molecule has 0 aromatic rings. The molecule has 2 N–H and O–H groups in total. The molecular weight excluding hydrogens is 348 g/mol. The average Bonchev–Trinajstić information content (AvgIpc) is 3.22. The second kappa shape index (κ2) is 8.77. The first-order chi connectivity index (χ1) is 13.1. The fourth-order valence-corrected chi connectivity index (χ4v) is 4.27. The van der Waals surface area contributed by atoms with Crippen LogP contribution in [-0.4, -0.2) is 34.1 Å². The minimum absolute atomic E-state index is 0.0828. The van der Waals surface area contributed by atoms with Crippen molar-refractivity contribution >= 4 is 0 Å². The largest absolute Gasteiger partial charge is 0.393 e. The third-order valence-electron chi connectivity index (χ3n) is 5.91. The first kappa shape index (κ1) is 22.6. The van der Waals surface area contributed by atoms with Crippen LogP contribution in [0.5, 0.6) is 0 Å². The molecule has 2 fully saturated rings. The summed E-state index contributed by atoms with van der Waals surface area (Å²) in [5.41, 5.74) is 2.64. The Balaban J connectivity index is 1.98. The number of allylic oxidation sites excluding steroid dienone is 10. The summed E-state index contributed by atoms with van der Waals surface area (Å²) in [6, 6.07) is 0. The zero-order chi connectivity index (χ0) is 21.0. The van der Waals surface area contributed by atoms with Crippen LogP contribution < -0.4 is 0 Å². The molecule has 3 nitrogen and oxygen atoms in total. The molecule has 0 amide bonds. The zero-order valence-corrected chi connectivity index (χ0v) is 18.2. The molecule has 1 saturated heterocycles. The maximum atomic E-state index is 10.1. The van der Waals surface area contributed by atoms with E-state index in [1.807, 2.05) is 31.2 Å². The van der Waals surface area contributed by atoms with Crippen LogP contribution >= 0.6 is 0 Å². The quantitative estimate of drug-likeness (QED) is 0.469. The van der Waals surface area contributed by atoms with E-state index in [1.165, 1.54) is 0 Å².